The first kappa shape index (κ1) is 23.4. The summed E-state index contributed by atoms with van der Waals surface area (Å²) in [4.78, 5) is 23.7. The van der Waals surface area contributed by atoms with E-state index in [2.05, 4.69) is 5.32 Å². The number of hydroxylamine groups is 1. The summed E-state index contributed by atoms with van der Waals surface area (Å²) in [6.07, 6.45) is 2.25. The lowest BCUT2D eigenvalue weighted by atomic mass is 9.92. The lowest BCUT2D eigenvalue weighted by Gasteiger charge is -2.27. The smallest absolute Gasteiger partial charge is 0.232 e. The number of benzene rings is 3. The molecule has 4 aromatic rings. The second kappa shape index (κ2) is 9.74. The van der Waals surface area contributed by atoms with Gasteiger partial charge in [-0.2, -0.15) is 0 Å². The van der Waals surface area contributed by atoms with E-state index < -0.39 is 0 Å². The molecular formula is C27H23Cl2N3O3. The highest BCUT2D eigenvalue weighted by atomic mass is 35.5. The van der Waals surface area contributed by atoms with Crippen LogP contribution in [-0.2, 0) is 9.63 Å². The van der Waals surface area contributed by atoms with Crippen LogP contribution in [0.3, 0.4) is 0 Å². The molecule has 0 spiro atoms. The minimum absolute atomic E-state index is 0.120. The molecule has 178 valence electrons. The van der Waals surface area contributed by atoms with Gasteiger partial charge in [-0.1, -0.05) is 59.6 Å². The number of amides is 1. The largest absolute Gasteiger partial charge is 0.493 e. The van der Waals surface area contributed by atoms with Gasteiger partial charge in [0.25, 0.3) is 0 Å². The van der Waals surface area contributed by atoms with Crippen LogP contribution in [0.5, 0.6) is 5.75 Å². The Balaban J connectivity index is 1.59. The highest BCUT2D eigenvalue weighted by Gasteiger charge is 2.28. The molecule has 5 rings (SSSR count). The third-order valence-electron chi connectivity index (χ3n) is 6.16. The van der Waals surface area contributed by atoms with Crippen molar-refractivity contribution in [3.8, 4) is 16.9 Å². The number of aromatic nitrogens is 1. The molecule has 0 radical (unpaired) electrons. The lowest BCUT2D eigenvalue weighted by Crippen LogP contribution is -2.27. The van der Waals surface area contributed by atoms with Gasteiger partial charge in [0.15, 0.2) is 0 Å². The van der Waals surface area contributed by atoms with Crippen molar-refractivity contribution >= 4 is 51.4 Å². The van der Waals surface area contributed by atoms with Gasteiger partial charge in [0.2, 0.25) is 5.91 Å². The molecule has 0 fully saturated rings. The van der Waals surface area contributed by atoms with Crippen LogP contribution in [0.25, 0.3) is 22.0 Å². The van der Waals surface area contributed by atoms with Gasteiger partial charge in [0.1, 0.15) is 5.75 Å². The van der Waals surface area contributed by atoms with Crippen LogP contribution in [0.2, 0.25) is 10.0 Å². The molecule has 1 amide bonds. The summed E-state index contributed by atoms with van der Waals surface area (Å²) in [7, 11) is 3.37. The molecule has 6 nitrogen and oxygen atoms in total. The first-order valence-corrected chi connectivity index (χ1v) is 11.9. The maximum atomic E-state index is 13.4. The molecule has 0 saturated carbocycles. The van der Waals surface area contributed by atoms with E-state index >= 15 is 0 Å². The summed E-state index contributed by atoms with van der Waals surface area (Å²) in [5.74, 6) is 0.302. The van der Waals surface area contributed by atoms with E-state index in [9.17, 15) is 4.79 Å². The Labute approximate surface area is 213 Å². The van der Waals surface area contributed by atoms with Crippen molar-refractivity contribution in [1.29, 1.82) is 0 Å². The van der Waals surface area contributed by atoms with E-state index in [1.807, 2.05) is 54.6 Å². The number of fused-ring (bicyclic) bond motifs is 2. The van der Waals surface area contributed by atoms with E-state index in [-0.39, 0.29) is 11.8 Å². The molecule has 1 N–H and O–H groups in total. The number of carbonyl (C=O) groups is 1. The van der Waals surface area contributed by atoms with Crippen LogP contribution >= 0.6 is 23.2 Å². The standard InChI is InChI=1S/C27H23Cl2N3O3/c1-32(34-2)26-22-8-5-7-19(16-12-17(28)14-18(29)13-16)25(22)30-15-23(26)31-27(33)21-10-11-35-24-9-4-3-6-20(21)24/h3-9,12-15,21H,10-11H2,1-2H3,(H,31,33). The maximum Gasteiger partial charge on any atom is 0.232 e. The van der Waals surface area contributed by atoms with Gasteiger partial charge in [-0.15, -0.1) is 0 Å². The summed E-state index contributed by atoms with van der Waals surface area (Å²) in [5.41, 5.74) is 4.58. The van der Waals surface area contributed by atoms with Gasteiger partial charge < -0.3 is 10.1 Å². The number of rotatable bonds is 5. The number of pyridine rings is 1. The molecular weight excluding hydrogens is 485 g/mol. The Morgan fingerprint density at radius 1 is 1.11 bits per heavy atom. The van der Waals surface area contributed by atoms with E-state index in [0.717, 1.165) is 33.3 Å². The van der Waals surface area contributed by atoms with Crippen molar-refractivity contribution in [3.63, 3.8) is 0 Å². The predicted octanol–water partition coefficient (Wildman–Crippen LogP) is 6.71. The first-order valence-electron chi connectivity index (χ1n) is 11.1. The lowest BCUT2D eigenvalue weighted by molar-refractivity contribution is -0.118. The Morgan fingerprint density at radius 3 is 2.66 bits per heavy atom. The van der Waals surface area contributed by atoms with Crippen LogP contribution < -0.4 is 15.1 Å². The quantitative estimate of drug-likeness (QED) is 0.304. The zero-order valence-corrected chi connectivity index (χ0v) is 20.7. The van der Waals surface area contributed by atoms with Crippen LogP contribution in [0.4, 0.5) is 11.4 Å². The number of anilines is 2. The highest BCUT2D eigenvalue weighted by molar-refractivity contribution is 6.35. The van der Waals surface area contributed by atoms with Crippen molar-refractivity contribution in [2.45, 2.75) is 12.3 Å². The fourth-order valence-corrected chi connectivity index (χ4v) is 5.03. The van der Waals surface area contributed by atoms with E-state index in [1.54, 1.807) is 31.5 Å². The molecule has 8 heteroatoms. The third kappa shape index (κ3) is 4.52. The van der Waals surface area contributed by atoms with Crippen LogP contribution in [0.15, 0.2) is 66.9 Å². The topological polar surface area (TPSA) is 63.7 Å². The summed E-state index contributed by atoms with van der Waals surface area (Å²) in [6.45, 7) is 0.488. The summed E-state index contributed by atoms with van der Waals surface area (Å²) < 4.78 is 5.72. The van der Waals surface area contributed by atoms with Crippen LogP contribution in [0.1, 0.15) is 17.9 Å². The number of carbonyl (C=O) groups excluding carboxylic acids is 1. The van der Waals surface area contributed by atoms with E-state index in [0.29, 0.717) is 34.4 Å². The number of hydrogen-bond acceptors (Lipinski definition) is 5. The summed E-state index contributed by atoms with van der Waals surface area (Å²) in [6, 6.07) is 18.9. The average molecular weight is 508 g/mol. The Morgan fingerprint density at radius 2 is 1.89 bits per heavy atom. The van der Waals surface area contributed by atoms with Crippen molar-refractivity contribution in [2.75, 3.05) is 31.1 Å². The molecule has 0 aliphatic carbocycles. The van der Waals surface area contributed by atoms with Gasteiger partial charge in [0, 0.05) is 33.6 Å². The minimum Gasteiger partial charge on any atom is -0.493 e. The molecule has 1 atom stereocenters. The van der Waals surface area contributed by atoms with Gasteiger partial charge in [-0.25, -0.2) is 0 Å². The molecule has 0 saturated heterocycles. The van der Waals surface area contributed by atoms with Crippen LogP contribution in [-0.4, -0.2) is 31.7 Å². The molecule has 1 unspecified atom stereocenters. The number of halogens is 2. The van der Waals surface area contributed by atoms with Gasteiger partial charge in [-0.3, -0.25) is 19.7 Å². The van der Waals surface area contributed by atoms with Crippen molar-refractivity contribution in [1.82, 2.24) is 4.98 Å². The Bertz CT molecular complexity index is 1410. The fourth-order valence-electron chi connectivity index (χ4n) is 4.51. The highest BCUT2D eigenvalue weighted by Crippen LogP contribution is 2.40. The summed E-state index contributed by atoms with van der Waals surface area (Å²) >= 11 is 12.5. The van der Waals surface area contributed by atoms with Crippen molar-refractivity contribution in [2.24, 2.45) is 0 Å². The molecule has 3 aromatic carbocycles. The van der Waals surface area contributed by atoms with Crippen molar-refractivity contribution in [3.05, 3.63) is 82.5 Å². The molecule has 1 aliphatic rings. The zero-order valence-electron chi connectivity index (χ0n) is 19.2. The number of hydrogen-bond donors (Lipinski definition) is 1. The number of nitrogens with zero attached hydrogens (tertiary/aromatic N) is 2. The Kier molecular flexibility index (Phi) is 6.52. The van der Waals surface area contributed by atoms with E-state index in [1.165, 1.54) is 0 Å². The second-order valence-corrected chi connectivity index (χ2v) is 9.15. The number of para-hydroxylation sites is 2. The van der Waals surface area contributed by atoms with Gasteiger partial charge in [0.05, 0.1) is 42.7 Å². The monoisotopic (exact) mass is 507 g/mol. The molecule has 1 aliphatic heterocycles. The second-order valence-electron chi connectivity index (χ2n) is 8.28. The minimum atomic E-state index is -0.323. The predicted molar refractivity (Wildman–Crippen MR) is 141 cm³/mol. The van der Waals surface area contributed by atoms with Gasteiger partial charge in [-0.05, 0) is 36.2 Å². The van der Waals surface area contributed by atoms with Gasteiger partial charge >= 0.3 is 0 Å². The molecule has 0 bridgehead atoms. The average Bonchev–Trinajstić information content (AvgIpc) is 2.86. The normalized spacial score (nSPS) is 14.8. The zero-order chi connectivity index (χ0) is 24.5. The Hall–Kier alpha value is -3.32. The molecule has 35 heavy (non-hydrogen) atoms. The maximum absolute atomic E-state index is 13.4. The first-order chi connectivity index (χ1) is 17.0. The number of nitrogens with one attached hydrogen (secondary N) is 1. The van der Waals surface area contributed by atoms with Crippen LogP contribution in [0, 0.1) is 0 Å². The SMILES string of the molecule is CON(C)c1c(NC(=O)C2CCOc3ccccc32)cnc2c(-c3cc(Cl)cc(Cl)c3)cccc12. The number of ether oxygens (including phenoxy) is 1. The molecule has 2 heterocycles. The molecule has 1 aromatic heterocycles. The van der Waals surface area contributed by atoms with E-state index in [4.69, 9.17) is 37.8 Å². The van der Waals surface area contributed by atoms with Crippen molar-refractivity contribution < 1.29 is 14.4 Å². The third-order valence-corrected chi connectivity index (χ3v) is 6.60. The summed E-state index contributed by atoms with van der Waals surface area (Å²) in [5, 5.41) is 6.60. The fraction of sp³-hybridized carbons (Fsp3) is 0.185.